The van der Waals surface area contributed by atoms with Gasteiger partial charge in [0.15, 0.2) is 0 Å². The van der Waals surface area contributed by atoms with Crippen LogP contribution in [0.25, 0.3) is 0 Å². The van der Waals surface area contributed by atoms with Crippen LogP contribution < -0.4 is 9.46 Å². The Labute approximate surface area is 125 Å². The third kappa shape index (κ3) is 4.58. The van der Waals surface area contributed by atoms with Crippen LogP contribution in [-0.4, -0.2) is 15.0 Å². The number of benzene rings is 2. The van der Waals surface area contributed by atoms with Gasteiger partial charge in [0.1, 0.15) is 11.5 Å². The van der Waals surface area contributed by atoms with Crippen LogP contribution in [0.5, 0.6) is 11.5 Å². The highest BCUT2D eigenvalue weighted by molar-refractivity contribution is 7.89. The number of hydrogen-bond acceptors (Lipinski definition) is 3. The van der Waals surface area contributed by atoms with Crippen molar-refractivity contribution in [2.75, 3.05) is 6.54 Å². The summed E-state index contributed by atoms with van der Waals surface area (Å²) in [6.45, 7) is 2.46. The topological polar surface area (TPSA) is 55.4 Å². The van der Waals surface area contributed by atoms with Crippen molar-refractivity contribution in [3.8, 4) is 11.5 Å². The summed E-state index contributed by atoms with van der Waals surface area (Å²) in [4.78, 5) is 0.194. The lowest BCUT2D eigenvalue weighted by molar-refractivity contribution is 0.481. The van der Waals surface area contributed by atoms with Crippen LogP contribution in [0.2, 0.25) is 0 Å². The largest absolute Gasteiger partial charge is 0.457 e. The molecule has 0 aliphatic rings. The minimum Gasteiger partial charge on any atom is -0.457 e. The molecule has 0 heterocycles. The van der Waals surface area contributed by atoms with E-state index in [1.165, 1.54) is 12.1 Å². The number of hydrogen-bond donors (Lipinski definition) is 1. The molecule has 0 spiro atoms. The molecule has 111 valence electrons. The van der Waals surface area contributed by atoms with Crippen LogP contribution >= 0.6 is 0 Å². The van der Waals surface area contributed by atoms with Gasteiger partial charge in [0.2, 0.25) is 10.0 Å². The minimum absolute atomic E-state index is 0.194. The summed E-state index contributed by atoms with van der Waals surface area (Å²) < 4.78 is 32.1. The van der Waals surface area contributed by atoms with Gasteiger partial charge in [0.25, 0.3) is 0 Å². The Morgan fingerprint density at radius 2 is 1.90 bits per heavy atom. The zero-order valence-electron chi connectivity index (χ0n) is 11.9. The average Bonchev–Trinajstić information content (AvgIpc) is 2.49. The highest BCUT2D eigenvalue weighted by Gasteiger charge is 2.13. The van der Waals surface area contributed by atoms with E-state index in [9.17, 15) is 8.42 Å². The van der Waals surface area contributed by atoms with Crippen LogP contribution in [0.1, 0.15) is 19.8 Å². The van der Waals surface area contributed by atoms with Crippen molar-refractivity contribution < 1.29 is 13.2 Å². The van der Waals surface area contributed by atoms with Crippen molar-refractivity contribution >= 4 is 10.0 Å². The van der Waals surface area contributed by atoms with Crippen LogP contribution in [0.3, 0.4) is 0 Å². The summed E-state index contributed by atoms with van der Waals surface area (Å²) in [5.41, 5.74) is 0. The second-order valence-corrected chi connectivity index (χ2v) is 6.32. The molecule has 4 nitrogen and oxygen atoms in total. The highest BCUT2D eigenvalue weighted by atomic mass is 32.2. The predicted octanol–water partition coefficient (Wildman–Crippen LogP) is 3.36. The second-order valence-electron chi connectivity index (χ2n) is 4.56. The van der Waals surface area contributed by atoms with Gasteiger partial charge < -0.3 is 4.74 Å². The molecule has 0 aromatic heterocycles. The lowest BCUT2D eigenvalue weighted by Crippen LogP contribution is -2.24. The molecule has 1 N–H and O–H groups in total. The molecule has 21 heavy (non-hydrogen) atoms. The summed E-state index contributed by atoms with van der Waals surface area (Å²) in [6.07, 6.45) is 1.76. The molecule has 0 aliphatic carbocycles. The first kappa shape index (κ1) is 15.5. The first-order chi connectivity index (χ1) is 10.1. The number of para-hydroxylation sites is 1. The van der Waals surface area contributed by atoms with E-state index in [-0.39, 0.29) is 4.90 Å². The molecule has 0 unspecified atom stereocenters. The second kappa shape index (κ2) is 7.24. The Bertz CT molecular complexity index is 652. The van der Waals surface area contributed by atoms with Gasteiger partial charge in [-0.1, -0.05) is 31.5 Å². The summed E-state index contributed by atoms with van der Waals surface area (Å²) >= 11 is 0. The molecule has 1 radical (unpaired) electrons. The molecule has 2 aromatic carbocycles. The number of unbranched alkanes of at least 4 members (excludes halogenated alkanes) is 1. The molecule has 0 saturated carbocycles. The van der Waals surface area contributed by atoms with Gasteiger partial charge in [0, 0.05) is 12.6 Å². The highest BCUT2D eigenvalue weighted by Crippen LogP contribution is 2.21. The van der Waals surface area contributed by atoms with Gasteiger partial charge in [-0.3, -0.25) is 0 Å². The van der Waals surface area contributed by atoms with E-state index >= 15 is 0 Å². The van der Waals surface area contributed by atoms with Crippen LogP contribution in [0.15, 0.2) is 53.4 Å². The fourth-order valence-electron chi connectivity index (χ4n) is 1.71. The van der Waals surface area contributed by atoms with E-state index in [1.54, 1.807) is 6.07 Å². The van der Waals surface area contributed by atoms with Crippen LogP contribution in [0, 0.1) is 6.07 Å². The van der Waals surface area contributed by atoms with E-state index < -0.39 is 10.0 Å². The number of ether oxygens (including phenoxy) is 1. The van der Waals surface area contributed by atoms with Crippen molar-refractivity contribution in [3.05, 3.63) is 54.6 Å². The first-order valence-electron chi connectivity index (χ1n) is 6.86. The third-order valence-electron chi connectivity index (χ3n) is 2.86. The predicted molar refractivity (Wildman–Crippen MR) is 81.9 cm³/mol. The van der Waals surface area contributed by atoms with Crippen molar-refractivity contribution in [2.45, 2.75) is 24.7 Å². The first-order valence-corrected chi connectivity index (χ1v) is 8.34. The monoisotopic (exact) mass is 304 g/mol. The van der Waals surface area contributed by atoms with E-state index in [0.717, 1.165) is 12.8 Å². The quantitative estimate of drug-likeness (QED) is 0.798. The molecular formula is C16H18NO3S. The van der Waals surface area contributed by atoms with E-state index in [1.807, 2.05) is 37.3 Å². The average molecular weight is 304 g/mol. The van der Waals surface area contributed by atoms with Crippen molar-refractivity contribution in [1.82, 2.24) is 4.72 Å². The molecule has 5 heteroatoms. The van der Waals surface area contributed by atoms with E-state index in [4.69, 9.17) is 4.74 Å². The van der Waals surface area contributed by atoms with E-state index in [0.29, 0.717) is 18.0 Å². The van der Waals surface area contributed by atoms with E-state index in [2.05, 4.69) is 10.8 Å². The van der Waals surface area contributed by atoms with Gasteiger partial charge in [-0.25, -0.2) is 13.1 Å². The fourth-order valence-corrected chi connectivity index (χ4v) is 2.75. The van der Waals surface area contributed by atoms with Gasteiger partial charge in [-0.15, -0.1) is 0 Å². The Hall–Kier alpha value is -1.85. The zero-order valence-corrected chi connectivity index (χ0v) is 12.7. The lowest BCUT2D eigenvalue weighted by Gasteiger charge is -2.08. The fraction of sp³-hybridized carbons (Fsp3) is 0.250. The maximum absolute atomic E-state index is 12.0. The molecule has 0 saturated heterocycles. The molecule has 0 atom stereocenters. The molecule has 0 fully saturated rings. The normalized spacial score (nSPS) is 11.3. The van der Waals surface area contributed by atoms with Crippen LogP contribution in [0.4, 0.5) is 0 Å². The summed E-state index contributed by atoms with van der Waals surface area (Å²) in [6, 6.07) is 16.7. The van der Waals surface area contributed by atoms with Gasteiger partial charge in [-0.2, -0.15) is 0 Å². The van der Waals surface area contributed by atoms with Crippen molar-refractivity contribution in [1.29, 1.82) is 0 Å². The number of rotatable bonds is 7. The smallest absolute Gasteiger partial charge is 0.240 e. The SMILES string of the molecule is CCCCNS(=O)(=O)c1c[c]c(Oc2ccccc2)cc1. The number of sulfonamides is 1. The maximum Gasteiger partial charge on any atom is 0.240 e. The Balaban J connectivity index is 2.05. The Morgan fingerprint density at radius 3 is 2.52 bits per heavy atom. The molecule has 0 aliphatic heterocycles. The summed E-state index contributed by atoms with van der Waals surface area (Å²) in [5.74, 6) is 1.17. The third-order valence-corrected chi connectivity index (χ3v) is 4.32. The van der Waals surface area contributed by atoms with Gasteiger partial charge in [-0.05, 0) is 36.8 Å². The maximum atomic E-state index is 12.0. The summed E-state index contributed by atoms with van der Waals surface area (Å²) in [7, 11) is -3.46. The molecule has 0 bridgehead atoms. The van der Waals surface area contributed by atoms with Gasteiger partial charge >= 0.3 is 0 Å². The summed E-state index contributed by atoms with van der Waals surface area (Å²) in [5, 5.41) is 0. The van der Waals surface area contributed by atoms with Crippen molar-refractivity contribution in [2.24, 2.45) is 0 Å². The zero-order chi connectivity index (χ0) is 15.1. The van der Waals surface area contributed by atoms with Crippen molar-refractivity contribution in [3.63, 3.8) is 0 Å². The lowest BCUT2D eigenvalue weighted by atomic mass is 10.3. The Kier molecular flexibility index (Phi) is 5.36. The molecule has 2 rings (SSSR count). The molecule has 2 aromatic rings. The minimum atomic E-state index is -3.46. The Morgan fingerprint density at radius 1 is 1.14 bits per heavy atom. The molecular weight excluding hydrogens is 286 g/mol. The number of nitrogens with one attached hydrogen (secondary N) is 1. The van der Waals surface area contributed by atoms with Gasteiger partial charge in [0.05, 0.1) is 4.90 Å². The molecule has 0 amide bonds. The standard InChI is InChI=1S/C16H18NO3S/c1-2-3-13-17-21(18,19)16-11-9-15(10-12-16)20-14-7-5-4-6-8-14/h4-9,11-12,17H,2-3,13H2,1H3. The van der Waals surface area contributed by atoms with Crippen LogP contribution in [-0.2, 0) is 10.0 Å².